The van der Waals surface area contributed by atoms with Crippen LogP contribution < -0.4 is 15.4 Å². The van der Waals surface area contributed by atoms with Crippen molar-refractivity contribution in [3.63, 3.8) is 0 Å². The highest BCUT2D eigenvalue weighted by atomic mass is 16.5. The number of anilines is 2. The van der Waals surface area contributed by atoms with E-state index in [4.69, 9.17) is 4.74 Å². The van der Waals surface area contributed by atoms with Crippen LogP contribution in [0.3, 0.4) is 0 Å². The van der Waals surface area contributed by atoms with Crippen LogP contribution >= 0.6 is 0 Å². The van der Waals surface area contributed by atoms with Crippen LogP contribution in [0.1, 0.15) is 22.3 Å². The maximum absolute atomic E-state index is 12.7. The van der Waals surface area contributed by atoms with Gasteiger partial charge in [0.2, 0.25) is 0 Å². The van der Waals surface area contributed by atoms with Crippen LogP contribution in [-0.4, -0.2) is 18.4 Å². The van der Waals surface area contributed by atoms with Gasteiger partial charge < -0.3 is 15.4 Å². The molecule has 0 unspecified atom stereocenters. The normalized spacial score (nSPS) is 10.8. The Morgan fingerprint density at radius 1 is 0.939 bits per heavy atom. The zero-order valence-corrected chi connectivity index (χ0v) is 18.8. The molecule has 0 aliphatic carbocycles. The monoisotopic (exact) mass is 439 g/mol. The van der Waals surface area contributed by atoms with Crippen molar-refractivity contribution in [3.05, 3.63) is 94.6 Å². The minimum Gasteiger partial charge on any atom is -0.483 e. The van der Waals surface area contributed by atoms with Gasteiger partial charge in [-0.2, -0.15) is 5.26 Å². The largest absolute Gasteiger partial charge is 0.483 e. The molecule has 0 saturated heterocycles. The molecular weight excluding hydrogens is 414 g/mol. The van der Waals surface area contributed by atoms with Gasteiger partial charge >= 0.3 is 0 Å². The summed E-state index contributed by atoms with van der Waals surface area (Å²) in [4.78, 5) is 24.9. The van der Waals surface area contributed by atoms with E-state index in [0.717, 1.165) is 16.7 Å². The van der Waals surface area contributed by atoms with E-state index >= 15 is 0 Å². The van der Waals surface area contributed by atoms with Crippen molar-refractivity contribution in [1.29, 1.82) is 5.26 Å². The van der Waals surface area contributed by atoms with Crippen LogP contribution in [0.4, 0.5) is 11.4 Å². The molecule has 0 saturated carbocycles. The average molecular weight is 440 g/mol. The van der Waals surface area contributed by atoms with Crippen LogP contribution in [0.15, 0.2) is 72.3 Å². The van der Waals surface area contributed by atoms with Crippen LogP contribution in [0.5, 0.6) is 5.75 Å². The summed E-state index contributed by atoms with van der Waals surface area (Å²) >= 11 is 0. The number of nitrogens with one attached hydrogen (secondary N) is 2. The van der Waals surface area contributed by atoms with Gasteiger partial charge in [-0.3, -0.25) is 9.59 Å². The third-order valence-corrected chi connectivity index (χ3v) is 4.91. The lowest BCUT2D eigenvalue weighted by Gasteiger charge is -2.11. The summed E-state index contributed by atoms with van der Waals surface area (Å²) < 4.78 is 5.67. The number of hydrogen-bond acceptors (Lipinski definition) is 4. The smallest absolute Gasteiger partial charge is 0.266 e. The molecule has 2 amide bonds. The van der Waals surface area contributed by atoms with E-state index in [1.807, 2.05) is 63.2 Å². The number of carbonyl (C=O) groups is 2. The van der Waals surface area contributed by atoms with Gasteiger partial charge in [-0.05, 0) is 56.7 Å². The second kappa shape index (κ2) is 10.8. The van der Waals surface area contributed by atoms with Gasteiger partial charge in [-0.15, -0.1) is 0 Å². The molecule has 0 aliphatic heterocycles. The van der Waals surface area contributed by atoms with Crippen molar-refractivity contribution in [3.8, 4) is 11.8 Å². The number of nitriles is 1. The van der Waals surface area contributed by atoms with E-state index in [2.05, 4.69) is 10.6 Å². The maximum Gasteiger partial charge on any atom is 0.266 e. The molecule has 2 N–H and O–H groups in total. The molecule has 33 heavy (non-hydrogen) atoms. The van der Waals surface area contributed by atoms with E-state index in [9.17, 15) is 14.9 Å². The molecule has 3 rings (SSSR count). The van der Waals surface area contributed by atoms with Crippen molar-refractivity contribution in [2.24, 2.45) is 0 Å². The predicted molar refractivity (Wildman–Crippen MR) is 130 cm³/mol. The Morgan fingerprint density at radius 3 is 2.33 bits per heavy atom. The van der Waals surface area contributed by atoms with E-state index in [0.29, 0.717) is 22.7 Å². The molecular formula is C27H25N3O3. The molecule has 6 nitrogen and oxygen atoms in total. The molecule has 3 aromatic carbocycles. The van der Waals surface area contributed by atoms with E-state index in [-0.39, 0.29) is 18.1 Å². The summed E-state index contributed by atoms with van der Waals surface area (Å²) in [5, 5.41) is 15.1. The van der Waals surface area contributed by atoms with Crippen molar-refractivity contribution < 1.29 is 14.3 Å². The summed E-state index contributed by atoms with van der Waals surface area (Å²) in [5.74, 6) is -0.439. The summed E-state index contributed by atoms with van der Waals surface area (Å²) in [6, 6.07) is 22.0. The maximum atomic E-state index is 12.7. The molecule has 3 aromatic rings. The first kappa shape index (κ1) is 23.3. The quantitative estimate of drug-likeness (QED) is 0.392. The summed E-state index contributed by atoms with van der Waals surface area (Å²) in [6.07, 6.45) is 1.45. The van der Waals surface area contributed by atoms with Crippen LogP contribution in [0, 0.1) is 32.1 Å². The van der Waals surface area contributed by atoms with Crippen molar-refractivity contribution in [2.75, 3.05) is 17.2 Å². The first-order valence-corrected chi connectivity index (χ1v) is 10.4. The Labute approximate surface area is 193 Å². The first-order chi connectivity index (χ1) is 15.9. The molecule has 6 heteroatoms. The predicted octanol–water partition coefficient (Wildman–Crippen LogP) is 5.18. The number of amides is 2. The molecule has 0 aliphatic rings. The Bertz CT molecular complexity index is 1240. The van der Waals surface area contributed by atoms with Gasteiger partial charge in [-0.25, -0.2) is 0 Å². The molecule has 0 radical (unpaired) electrons. The number of aryl methyl sites for hydroxylation is 3. The Morgan fingerprint density at radius 2 is 1.64 bits per heavy atom. The molecule has 0 fully saturated rings. The highest BCUT2D eigenvalue weighted by Crippen LogP contribution is 2.22. The standard InChI is InChI=1S/C27H25N3O3/c1-18-8-11-23(12-9-18)29-26(31)17-33-25-7-5-4-6-21(25)15-22(16-28)27(32)30-24-13-10-19(2)14-20(24)3/h4-15H,17H2,1-3H3,(H,29,31)(H,30,32)/b22-15+. The third-order valence-electron chi connectivity index (χ3n) is 4.91. The number of ether oxygens (including phenoxy) is 1. The number of benzene rings is 3. The number of hydrogen-bond donors (Lipinski definition) is 2. The third kappa shape index (κ3) is 6.55. The van der Waals surface area contributed by atoms with Crippen molar-refractivity contribution in [2.45, 2.75) is 20.8 Å². The minimum absolute atomic E-state index is 0.0740. The molecule has 0 bridgehead atoms. The van der Waals surface area contributed by atoms with Gasteiger partial charge in [0.1, 0.15) is 17.4 Å². The number of rotatable bonds is 7. The number of para-hydroxylation sites is 1. The van der Waals surface area contributed by atoms with Gasteiger partial charge in [0.15, 0.2) is 6.61 Å². The van der Waals surface area contributed by atoms with Crippen LogP contribution in [0.25, 0.3) is 6.08 Å². The lowest BCUT2D eigenvalue weighted by Crippen LogP contribution is -2.20. The lowest BCUT2D eigenvalue weighted by atomic mass is 10.1. The summed E-state index contributed by atoms with van der Waals surface area (Å²) in [7, 11) is 0. The van der Waals surface area contributed by atoms with E-state index < -0.39 is 5.91 Å². The van der Waals surface area contributed by atoms with Gasteiger partial charge in [-0.1, -0.05) is 53.6 Å². The zero-order chi connectivity index (χ0) is 23.8. The highest BCUT2D eigenvalue weighted by Gasteiger charge is 2.13. The molecule has 166 valence electrons. The molecule has 0 atom stereocenters. The fourth-order valence-electron chi connectivity index (χ4n) is 3.16. The first-order valence-electron chi connectivity index (χ1n) is 10.4. The molecule has 0 heterocycles. The fourth-order valence-corrected chi connectivity index (χ4v) is 3.16. The van der Waals surface area contributed by atoms with E-state index in [1.165, 1.54) is 6.08 Å². The highest BCUT2D eigenvalue weighted by molar-refractivity contribution is 6.10. The Kier molecular flexibility index (Phi) is 7.61. The van der Waals surface area contributed by atoms with Gasteiger partial charge in [0.25, 0.3) is 11.8 Å². The van der Waals surface area contributed by atoms with Crippen molar-refractivity contribution in [1.82, 2.24) is 0 Å². The minimum atomic E-state index is -0.517. The average Bonchev–Trinajstić information content (AvgIpc) is 2.80. The topological polar surface area (TPSA) is 91.2 Å². The molecule has 0 spiro atoms. The van der Waals surface area contributed by atoms with Crippen LogP contribution in [-0.2, 0) is 9.59 Å². The SMILES string of the molecule is Cc1ccc(NC(=O)COc2ccccc2/C=C(\C#N)C(=O)Nc2ccc(C)cc2C)cc1. The number of carbonyl (C=O) groups excluding carboxylic acids is 2. The molecule has 0 aromatic heterocycles. The number of nitrogens with zero attached hydrogens (tertiary/aromatic N) is 1. The lowest BCUT2D eigenvalue weighted by molar-refractivity contribution is -0.118. The summed E-state index contributed by atoms with van der Waals surface area (Å²) in [5.41, 5.74) is 4.85. The second-order valence-corrected chi connectivity index (χ2v) is 7.68. The van der Waals surface area contributed by atoms with Crippen molar-refractivity contribution >= 4 is 29.3 Å². The van der Waals surface area contributed by atoms with Gasteiger partial charge in [0.05, 0.1) is 0 Å². The van der Waals surface area contributed by atoms with Crippen LogP contribution in [0.2, 0.25) is 0 Å². The Hall–Kier alpha value is -4.37. The summed E-state index contributed by atoms with van der Waals surface area (Å²) in [6.45, 7) is 5.62. The van der Waals surface area contributed by atoms with E-state index in [1.54, 1.807) is 30.3 Å². The fraction of sp³-hybridized carbons (Fsp3) is 0.148. The Balaban J connectivity index is 1.70. The zero-order valence-electron chi connectivity index (χ0n) is 18.8. The van der Waals surface area contributed by atoms with Gasteiger partial charge in [0, 0.05) is 16.9 Å². The second-order valence-electron chi connectivity index (χ2n) is 7.68.